The number of hydrogen-bond donors (Lipinski definition) is 0. The smallest absolute Gasteiger partial charge is 0.410 e. The molecule has 1 fully saturated rings. The molecule has 0 aromatic heterocycles. The van der Waals surface area contributed by atoms with Crippen LogP contribution in [0.25, 0.3) is 0 Å². The molecule has 2 amide bonds. The van der Waals surface area contributed by atoms with Gasteiger partial charge in [-0.25, -0.2) is 4.79 Å². The SMILES string of the molecule is CN(Cc1ccc(C#N)cc1)C(=O)[C@@H]1CCCN(C(=O)OC(C)(C)C)C1. The second kappa shape index (κ2) is 8.22. The van der Waals surface area contributed by atoms with Crippen LogP contribution in [0.4, 0.5) is 4.79 Å². The molecule has 1 aliphatic heterocycles. The number of nitrogens with zero attached hydrogens (tertiary/aromatic N) is 3. The standard InChI is InChI=1S/C20H27N3O3/c1-20(2,3)26-19(25)23-11-5-6-17(14-23)18(24)22(4)13-16-9-7-15(12-21)8-10-16/h7-10,17H,5-6,11,13-14H2,1-4H3/t17-/m1/s1. The summed E-state index contributed by atoms with van der Waals surface area (Å²) in [6, 6.07) is 9.30. The molecule has 2 rings (SSSR count). The Labute approximate surface area is 155 Å². The number of benzene rings is 1. The summed E-state index contributed by atoms with van der Waals surface area (Å²) >= 11 is 0. The molecule has 1 heterocycles. The molecule has 0 N–H and O–H groups in total. The summed E-state index contributed by atoms with van der Waals surface area (Å²) in [5, 5.41) is 8.85. The average Bonchev–Trinajstić information content (AvgIpc) is 2.60. The highest BCUT2D eigenvalue weighted by Crippen LogP contribution is 2.21. The Morgan fingerprint density at radius 3 is 2.54 bits per heavy atom. The molecule has 1 aromatic rings. The van der Waals surface area contributed by atoms with Crippen molar-refractivity contribution in [3.8, 4) is 6.07 Å². The lowest BCUT2D eigenvalue weighted by Crippen LogP contribution is -2.47. The van der Waals surface area contributed by atoms with E-state index in [1.807, 2.05) is 32.9 Å². The second-order valence-corrected chi connectivity index (χ2v) is 7.77. The van der Waals surface area contributed by atoms with Gasteiger partial charge in [0, 0.05) is 26.7 Å². The van der Waals surface area contributed by atoms with E-state index < -0.39 is 5.60 Å². The molecule has 0 saturated carbocycles. The summed E-state index contributed by atoms with van der Waals surface area (Å²) in [6.07, 6.45) is 1.21. The molecule has 6 heteroatoms. The number of piperidine rings is 1. The lowest BCUT2D eigenvalue weighted by atomic mass is 9.96. The number of nitriles is 1. The predicted molar refractivity (Wildman–Crippen MR) is 98.2 cm³/mol. The third kappa shape index (κ3) is 5.48. The Morgan fingerprint density at radius 1 is 1.31 bits per heavy atom. The minimum absolute atomic E-state index is 0.0302. The first-order chi connectivity index (χ1) is 12.2. The molecule has 1 saturated heterocycles. The first-order valence-electron chi connectivity index (χ1n) is 8.91. The van der Waals surface area contributed by atoms with Gasteiger partial charge in [-0.3, -0.25) is 4.79 Å². The van der Waals surface area contributed by atoms with Crippen molar-refractivity contribution >= 4 is 12.0 Å². The Bertz CT molecular complexity index is 686. The maximum Gasteiger partial charge on any atom is 0.410 e. The van der Waals surface area contributed by atoms with Gasteiger partial charge in [-0.1, -0.05) is 12.1 Å². The van der Waals surface area contributed by atoms with Crippen molar-refractivity contribution in [1.29, 1.82) is 5.26 Å². The van der Waals surface area contributed by atoms with Gasteiger partial charge in [0.1, 0.15) is 5.60 Å². The Hall–Kier alpha value is -2.55. The van der Waals surface area contributed by atoms with Gasteiger partial charge in [0.15, 0.2) is 0 Å². The maximum atomic E-state index is 12.8. The molecule has 0 spiro atoms. The van der Waals surface area contributed by atoms with E-state index in [0.29, 0.717) is 25.2 Å². The number of rotatable bonds is 3. The van der Waals surface area contributed by atoms with E-state index in [1.54, 1.807) is 29.0 Å². The third-order valence-corrected chi connectivity index (χ3v) is 4.30. The first kappa shape index (κ1) is 19.8. The fourth-order valence-corrected chi connectivity index (χ4v) is 3.02. The predicted octanol–water partition coefficient (Wildman–Crippen LogP) is 3.16. The fourth-order valence-electron chi connectivity index (χ4n) is 3.02. The van der Waals surface area contributed by atoms with Crippen LogP contribution in [0.3, 0.4) is 0 Å². The van der Waals surface area contributed by atoms with Crippen molar-refractivity contribution in [3.63, 3.8) is 0 Å². The maximum absolute atomic E-state index is 12.8. The van der Waals surface area contributed by atoms with Gasteiger partial charge in [0.2, 0.25) is 5.91 Å². The Morgan fingerprint density at radius 2 is 1.96 bits per heavy atom. The van der Waals surface area contributed by atoms with Gasteiger partial charge < -0.3 is 14.5 Å². The molecule has 1 aromatic carbocycles. The van der Waals surface area contributed by atoms with Crippen LogP contribution < -0.4 is 0 Å². The van der Waals surface area contributed by atoms with E-state index in [1.165, 1.54) is 0 Å². The molecule has 1 atom stereocenters. The van der Waals surface area contributed by atoms with Crippen LogP contribution in [-0.4, -0.2) is 47.5 Å². The topological polar surface area (TPSA) is 73.6 Å². The number of hydrogen-bond acceptors (Lipinski definition) is 4. The molecule has 0 aliphatic carbocycles. The van der Waals surface area contributed by atoms with Crippen LogP contribution in [0.15, 0.2) is 24.3 Å². The quantitative estimate of drug-likeness (QED) is 0.833. The van der Waals surface area contributed by atoms with Crippen LogP contribution in [0, 0.1) is 17.2 Å². The van der Waals surface area contributed by atoms with Gasteiger partial charge in [0.05, 0.1) is 17.6 Å². The van der Waals surface area contributed by atoms with E-state index in [2.05, 4.69) is 6.07 Å². The van der Waals surface area contributed by atoms with Crippen LogP contribution >= 0.6 is 0 Å². The van der Waals surface area contributed by atoms with Crippen molar-refractivity contribution < 1.29 is 14.3 Å². The van der Waals surface area contributed by atoms with Gasteiger partial charge in [-0.2, -0.15) is 5.26 Å². The second-order valence-electron chi connectivity index (χ2n) is 7.77. The van der Waals surface area contributed by atoms with Crippen molar-refractivity contribution in [2.75, 3.05) is 20.1 Å². The van der Waals surface area contributed by atoms with E-state index in [-0.39, 0.29) is 17.9 Å². The highest BCUT2D eigenvalue weighted by Gasteiger charge is 2.32. The van der Waals surface area contributed by atoms with E-state index in [0.717, 1.165) is 18.4 Å². The van der Waals surface area contributed by atoms with Gasteiger partial charge in [-0.15, -0.1) is 0 Å². The zero-order chi connectivity index (χ0) is 19.3. The van der Waals surface area contributed by atoms with Gasteiger partial charge in [0.25, 0.3) is 0 Å². The van der Waals surface area contributed by atoms with E-state index in [9.17, 15) is 9.59 Å². The molecule has 140 valence electrons. The fraction of sp³-hybridized carbons (Fsp3) is 0.550. The summed E-state index contributed by atoms with van der Waals surface area (Å²) in [5.41, 5.74) is 1.03. The molecule has 0 unspecified atom stereocenters. The number of ether oxygens (including phenoxy) is 1. The summed E-state index contributed by atoms with van der Waals surface area (Å²) in [7, 11) is 1.77. The lowest BCUT2D eigenvalue weighted by Gasteiger charge is -2.35. The number of likely N-dealkylation sites (tertiary alicyclic amines) is 1. The van der Waals surface area contributed by atoms with E-state index in [4.69, 9.17) is 10.00 Å². The van der Waals surface area contributed by atoms with Crippen LogP contribution in [-0.2, 0) is 16.1 Å². The molecular weight excluding hydrogens is 330 g/mol. The molecular formula is C20H27N3O3. The largest absolute Gasteiger partial charge is 0.444 e. The highest BCUT2D eigenvalue weighted by molar-refractivity contribution is 5.80. The summed E-state index contributed by atoms with van der Waals surface area (Å²) < 4.78 is 5.42. The summed E-state index contributed by atoms with van der Waals surface area (Å²) in [6.45, 7) is 7.01. The molecule has 6 nitrogen and oxygen atoms in total. The van der Waals surface area contributed by atoms with E-state index >= 15 is 0 Å². The van der Waals surface area contributed by atoms with Gasteiger partial charge >= 0.3 is 6.09 Å². The molecule has 0 radical (unpaired) electrons. The normalized spacial score (nSPS) is 17.3. The Balaban J connectivity index is 1.94. The number of amides is 2. The summed E-state index contributed by atoms with van der Waals surface area (Å²) in [4.78, 5) is 28.3. The first-order valence-corrected chi connectivity index (χ1v) is 8.91. The molecule has 1 aliphatic rings. The lowest BCUT2D eigenvalue weighted by molar-refractivity contribution is -0.136. The third-order valence-electron chi connectivity index (χ3n) is 4.30. The Kier molecular flexibility index (Phi) is 6.25. The minimum atomic E-state index is -0.541. The zero-order valence-electron chi connectivity index (χ0n) is 16.0. The van der Waals surface area contributed by atoms with Crippen LogP contribution in [0.2, 0.25) is 0 Å². The monoisotopic (exact) mass is 357 g/mol. The van der Waals surface area contributed by atoms with Crippen LogP contribution in [0.1, 0.15) is 44.7 Å². The number of carbonyl (C=O) groups is 2. The summed E-state index contributed by atoms with van der Waals surface area (Å²) in [5.74, 6) is -0.178. The highest BCUT2D eigenvalue weighted by atomic mass is 16.6. The zero-order valence-corrected chi connectivity index (χ0v) is 16.0. The minimum Gasteiger partial charge on any atom is -0.444 e. The van der Waals surface area contributed by atoms with Crippen molar-refractivity contribution in [2.45, 2.75) is 45.8 Å². The molecule has 0 bridgehead atoms. The average molecular weight is 357 g/mol. The van der Waals surface area contributed by atoms with Crippen LogP contribution in [0.5, 0.6) is 0 Å². The number of carbonyl (C=O) groups excluding carboxylic acids is 2. The van der Waals surface area contributed by atoms with Crippen molar-refractivity contribution in [1.82, 2.24) is 9.80 Å². The molecule has 26 heavy (non-hydrogen) atoms. The van der Waals surface area contributed by atoms with Gasteiger partial charge in [-0.05, 0) is 51.3 Å². The van der Waals surface area contributed by atoms with Crippen molar-refractivity contribution in [3.05, 3.63) is 35.4 Å². The van der Waals surface area contributed by atoms with Crippen molar-refractivity contribution in [2.24, 2.45) is 5.92 Å².